The molecule has 0 saturated carbocycles. The van der Waals surface area contributed by atoms with Crippen LogP contribution < -0.4 is 4.80 Å². The van der Waals surface area contributed by atoms with Crippen molar-refractivity contribution in [1.82, 2.24) is 4.57 Å². The van der Waals surface area contributed by atoms with Gasteiger partial charge in [-0.15, -0.1) is 0 Å². The number of hydrogen-bond donors (Lipinski definition) is 0. The number of para-hydroxylation sites is 1. The van der Waals surface area contributed by atoms with Crippen molar-refractivity contribution in [3.63, 3.8) is 0 Å². The summed E-state index contributed by atoms with van der Waals surface area (Å²) in [4.78, 5) is 16.8. The Morgan fingerprint density at radius 3 is 2.48 bits per heavy atom. The Balaban J connectivity index is 1.85. The van der Waals surface area contributed by atoms with E-state index in [1.54, 1.807) is 24.3 Å². The lowest BCUT2D eigenvalue weighted by Gasteiger charge is -2.02. The number of thiazole rings is 1. The highest BCUT2D eigenvalue weighted by atomic mass is 32.2. The predicted molar refractivity (Wildman–Crippen MR) is 100.0 cm³/mol. The summed E-state index contributed by atoms with van der Waals surface area (Å²) in [5.74, 6) is -1.38. The molecule has 0 bridgehead atoms. The standard InChI is InChI=1S/C18H18N2O3S2/c1-2-20-15-10-6-7-11-16(15)24-18(20)19-17(21)13-25(22,23)12-14-8-4-3-5-9-14/h3-11H,2,12-13H2,1H3. The fourth-order valence-electron chi connectivity index (χ4n) is 2.62. The van der Waals surface area contributed by atoms with Crippen LogP contribution in [0.3, 0.4) is 0 Å². The number of nitrogens with zero attached hydrogens (tertiary/aromatic N) is 2. The maximum absolute atomic E-state index is 12.2. The van der Waals surface area contributed by atoms with E-state index < -0.39 is 21.5 Å². The Labute approximate surface area is 150 Å². The van der Waals surface area contributed by atoms with E-state index in [9.17, 15) is 13.2 Å². The molecular weight excluding hydrogens is 356 g/mol. The van der Waals surface area contributed by atoms with Gasteiger partial charge in [-0.2, -0.15) is 4.99 Å². The normalized spacial score (nSPS) is 12.6. The number of fused-ring (bicyclic) bond motifs is 1. The van der Waals surface area contributed by atoms with Crippen molar-refractivity contribution in [3.8, 4) is 0 Å². The third-order valence-electron chi connectivity index (χ3n) is 3.70. The summed E-state index contributed by atoms with van der Waals surface area (Å²) in [7, 11) is -3.55. The molecule has 7 heteroatoms. The first kappa shape index (κ1) is 17.6. The molecule has 1 amide bonds. The van der Waals surface area contributed by atoms with E-state index in [0.29, 0.717) is 16.9 Å². The van der Waals surface area contributed by atoms with Gasteiger partial charge in [-0.3, -0.25) is 4.79 Å². The minimum atomic E-state index is -3.55. The lowest BCUT2D eigenvalue weighted by Crippen LogP contribution is -2.21. The zero-order valence-corrected chi connectivity index (χ0v) is 15.4. The third kappa shape index (κ3) is 4.24. The number of aromatic nitrogens is 1. The van der Waals surface area contributed by atoms with Gasteiger partial charge in [0.15, 0.2) is 14.6 Å². The van der Waals surface area contributed by atoms with Gasteiger partial charge >= 0.3 is 0 Å². The lowest BCUT2D eigenvalue weighted by molar-refractivity contribution is -0.115. The molecule has 1 heterocycles. The van der Waals surface area contributed by atoms with Crippen LogP contribution in [-0.4, -0.2) is 24.6 Å². The van der Waals surface area contributed by atoms with Gasteiger partial charge in [0.1, 0.15) is 5.75 Å². The summed E-state index contributed by atoms with van der Waals surface area (Å²) < 4.78 is 27.4. The quantitative estimate of drug-likeness (QED) is 0.690. The van der Waals surface area contributed by atoms with E-state index in [2.05, 4.69) is 4.99 Å². The third-order valence-corrected chi connectivity index (χ3v) is 6.22. The Morgan fingerprint density at radius 1 is 1.08 bits per heavy atom. The first-order chi connectivity index (χ1) is 12.0. The summed E-state index contributed by atoms with van der Waals surface area (Å²) in [6.45, 7) is 2.63. The molecule has 130 valence electrons. The number of sulfone groups is 1. The predicted octanol–water partition coefficient (Wildman–Crippen LogP) is 2.77. The maximum Gasteiger partial charge on any atom is 0.263 e. The van der Waals surface area contributed by atoms with Crippen molar-refractivity contribution >= 4 is 37.3 Å². The van der Waals surface area contributed by atoms with Crippen molar-refractivity contribution < 1.29 is 13.2 Å². The van der Waals surface area contributed by atoms with E-state index in [1.165, 1.54) is 11.3 Å². The topological polar surface area (TPSA) is 68.5 Å². The molecule has 0 fully saturated rings. The molecule has 3 aromatic rings. The monoisotopic (exact) mass is 374 g/mol. The van der Waals surface area contributed by atoms with Gasteiger partial charge in [0.25, 0.3) is 5.91 Å². The number of carbonyl (C=O) groups excluding carboxylic acids is 1. The summed E-state index contributed by atoms with van der Waals surface area (Å²) in [6.07, 6.45) is 0. The minimum Gasteiger partial charge on any atom is -0.317 e. The van der Waals surface area contributed by atoms with Gasteiger partial charge in [-0.1, -0.05) is 53.8 Å². The van der Waals surface area contributed by atoms with Crippen LogP contribution in [0.25, 0.3) is 10.2 Å². The Bertz CT molecular complexity index is 1060. The van der Waals surface area contributed by atoms with Crippen LogP contribution in [0, 0.1) is 0 Å². The van der Waals surface area contributed by atoms with Crippen LogP contribution in [0.2, 0.25) is 0 Å². The largest absolute Gasteiger partial charge is 0.317 e. The molecular formula is C18H18N2O3S2. The van der Waals surface area contributed by atoms with Crippen molar-refractivity contribution in [3.05, 3.63) is 65.0 Å². The van der Waals surface area contributed by atoms with Crippen LogP contribution in [0.5, 0.6) is 0 Å². The summed E-state index contributed by atoms with van der Waals surface area (Å²) in [5.41, 5.74) is 1.66. The molecule has 3 rings (SSSR count). The van der Waals surface area contributed by atoms with E-state index in [4.69, 9.17) is 0 Å². The molecule has 0 unspecified atom stereocenters. The number of carbonyl (C=O) groups is 1. The van der Waals surface area contributed by atoms with Crippen molar-refractivity contribution in [2.24, 2.45) is 4.99 Å². The van der Waals surface area contributed by atoms with E-state index in [0.717, 1.165) is 10.2 Å². The molecule has 0 radical (unpaired) electrons. The van der Waals surface area contributed by atoms with Crippen molar-refractivity contribution in [1.29, 1.82) is 0 Å². The van der Waals surface area contributed by atoms with E-state index >= 15 is 0 Å². The zero-order chi connectivity index (χ0) is 17.9. The lowest BCUT2D eigenvalue weighted by atomic mass is 10.2. The van der Waals surface area contributed by atoms with Crippen LogP contribution in [-0.2, 0) is 26.9 Å². The second kappa shape index (κ2) is 7.33. The SMILES string of the molecule is CCn1c(=NC(=O)CS(=O)(=O)Cc2ccccc2)sc2ccccc21. The number of aryl methyl sites for hydroxylation is 1. The Morgan fingerprint density at radius 2 is 1.76 bits per heavy atom. The molecule has 2 aromatic carbocycles. The Hall–Kier alpha value is -2.25. The highest BCUT2D eigenvalue weighted by Gasteiger charge is 2.17. The highest BCUT2D eigenvalue weighted by Crippen LogP contribution is 2.16. The average Bonchev–Trinajstić information content (AvgIpc) is 2.91. The molecule has 5 nitrogen and oxygen atoms in total. The van der Waals surface area contributed by atoms with E-state index in [-0.39, 0.29) is 5.75 Å². The van der Waals surface area contributed by atoms with Gasteiger partial charge in [-0.25, -0.2) is 8.42 Å². The summed E-state index contributed by atoms with van der Waals surface area (Å²) >= 11 is 1.39. The smallest absolute Gasteiger partial charge is 0.263 e. The average molecular weight is 374 g/mol. The molecule has 0 spiro atoms. The van der Waals surface area contributed by atoms with Crippen LogP contribution >= 0.6 is 11.3 Å². The molecule has 0 aliphatic heterocycles. The van der Waals surface area contributed by atoms with Gasteiger partial charge in [0.05, 0.1) is 16.0 Å². The van der Waals surface area contributed by atoms with E-state index in [1.807, 2.05) is 41.8 Å². The number of rotatable bonds is 5. The minimum absolute atomic E-state index is 0.157. The second-order valence-electron chi connectivity index (χ2n) is 5.62. The first-order valence-corrected chi connectivity index (χ1v) is 10.5. The molecule has 0 aliphatic carbocycles. The fourth-order valence-corrected chi connectivity index (χ4v) is 4.97. The van der Waals surface area contributed by atoms with Crippen LogP contribution in [0.15, 0.2) is 59.6 Å². The molecule has 0 atom stereocenters. The molecule has 0 aliphatic rings. The molecule has 25 heavy (non-hydrogen) atoms. The summed E-state index contributed by atoms with van der Waals surface area (Å²) in [6, 6.07) is 16.6. The number of hydrogen-bond acceptors (Lipinski definition) is 4. The first-order valence-electron chi connectivity index (χ1n) is 7.89. The highest BCUT2D eigenvalue weighted by molar-refractivity contribution is 7.91. The zero-order valence-electron chi connectivity index (χ0n) is 13.8. The number of amides is 1. The molecule has 0 N–H and O–H groups in total. The molecule has 1 aromatic heterocycles. The fraction of sp³-hybridized carbons (Fsp3) is 0.222. The van der Waals surface area contributed by atoms with Gasteiger partial charge in [-0.05, 0) is 24.6 Å². The number of benzene rings is 2. The van der Waals surface area contributed by atoms with Crippen LogP contribution in [0.1, 0.15) is 12.5 Å². The van der Waals surface area contributed by atoms with Gasteiger partial charge in [0.2, 0.25) is 0 Å². The van der Waals surface area contributed by atoms with Gasteiger partial charge < -0.3 is 4.57 Å². The maximum atomic E-state index is 12.2. The van der Waals surface area contributed by atoms with Gasteiger partial charge in [0, 0.05) is 6.54 Å². The van der Waals surface area contributed by atoms with Crippen molar-refractivity contribution in [2.75, 3.05) is 5.75 Å². The summed E-state index contributed by atoms with van der Waals surface area (Å²) in [5, 5.41) is 0. The van der Waals surface area contributed by atoms with Crippen LogP contribution in [0.4, 0.5) is 0 Å². The Kier molecular flexibility index (Phi) is 5.15. The molecule has 0 saturated heterocycles. The van der Waals surface area contributed by atoms with Crippen molar-refractivity contribution in [2.45, 2.75) is 19.2 Å². The second-order valence-corrected chi connectivity index (χ2v) is 8.69.